The number of carbonyl (C=O) groups excluding carboxylic acids is 1. The van der Waals surface area contributed by atoms with Crippen LogP contribution < -0.4 is 10.1 Å². The Balaban J connectivity index is 2.58. The zero-order chi connectivity index (χ0) is 15.8. The first-order valence-corrected chi connectivity index (χ1v) is 6.69. The maximum Gasteiger partial charge on any atom is 0.317 e. The number of methoxy groups -OCH3 is 1. The summed E-state index contributed by atoms with van der Waals surface area (Å²) >= 11 is 0. The molecule has 0 saturated carbocycles. The summed E-state index contributed by atoms with van der Waals surface area (Å²) in [7, 11) is 1.52. The molecule has 116 valence electrons. The summed E-state index contributed by atoms with van der Waals surface area (Å²) in [4.78, 5) is 28.2. The normalized spacial score (nSPS) is 10.3. The van der Waals surface area contributed by atoms with E-state index in [1.54, 1.807) is 18.3 Å². The Hall–Kier alpha value is -2.31. The van der Waals surface area contributed by atoms with Gasteiger partial charge in [-0.15, -0.1) is 0 Å². The topological polar surface area (TPSA) is 91.8 Å². The summed E-state index contributed by atoms with van der Waals surface area (Å²) in [5, 5.41) is 11.5. The lowest BCUT2D eigenvalue weighted by molar-refractivity contribution is -0.137. The van der Waals surface area contributed by atoms with E-state index in [0.29, 0.717) is 12.4 Å². The van der Waals surface area contributed by atoms with Crippen molar-refractivity contribution in [3.05, 3.63) is 23.9 Å². The zero-order valence-electron chi connectivity index (χ0n) is 12.5. The van der Waals surface area contributed by atoms with Crippen molar-refractivity contribution in [2.45, 2.75) is 32.9 Å². The molecule has 0 unspecified atom stereocenters. The van der Waals surface area contributed by atoms with E-state index in [4.69, 9.17) is 9.84 Å². The molecule has 0 aromatic carbocycles. The fourth-order valence-corrected chi connectivity index (χ4v) is 1.76. The quantitative estimate of drug-likeness (QED) is 0.795. The van der Waals surface area contributed by atoms with Gasteiger partial charge < -0.3 is 20.1 Å². The summed E-state index contributed by atoms with van der Waals surface area (Å²) < 4.78 is 5.01. The van der Waals surface area contributed by atoms with Gasteiger partial charge >= 0.3 is 12.0 Å². The molecule has 1 heterocycles. The molecule has 0 fully saturated rings. The summed E-state index contributed by atoms with van der Waals surface area (Å²) in [5.74, 6) is -0.444. The van der Waals surface area contributed by atoms with E-state index in [2.05, 4.69) is 10.3 Å². The lowest BCUT2D eigenvalue weighted by Gasteiger charge is -2.26. The molecule has 1 aromatic heterocycles. The van der Waals surface area contributed by atoms with Gasteiger partial charge in [0.15, 0.2) is 0 Å². The maximum atomic E-state index is 12.1. The fourth-order valence-electron chi connectivity index (χ4n) is 1.76. The number of hydrogen-bond acceptors (Lipinski definition) is 4. The van der Waals surface area contributed by atoms with E-state index in [-0.39, 0.29) is 25.0 Å². The molecular weight excluding hydrogens is 274 g/mol. The molecule has 1 rings (SSSR count). The highest BCUT2D eigenvalue weighted by Crippen LogP contribution is 2.08. The number of aliphatic carboxylic acids is 1. The number of carboxylic acids is 1. The minimum Gasteiger partial charge on any atom is -0.481 e. The second-order valence-electron chi connectivity index (χ2n) is 4.80. The van der Waals surface area contributed by atoms with Crippen LogP contribution in [0.25, 0.3) is 0 Å². The van der Waals surface area contributed by atoms with Crippen molar-refractivity contribution in [2.75, 3.05) is 13.7 Å². The molecule has 1 aromatic rings. The third-order valence-electron chi connectivity index (χ3n) is 2.90. The summed E-state index contributed by atoms with van der Waals surface area (Å²) in [6, 6.07) is 3.15. The molecule has 7 heteroatoms. The Morgan fingerprint density at radius 1 is 1.48 bits per heavy atom. The molecule has 0 bridgehead atoms. The van der Waals surface area contributed by atoms with Crippen LogP contribution in [0.1, 0.15) is 25.8 Å². The van der Waals surface area contributed by atoms with E-state index in [9.17, 15) is 9.59 Å². The lowest BCUT2D eigenvalue weighted by Crippen LogP contribution is -2.44. The Morgan fingerprint density at radius 3 is 2.76 bits per heavy atom. The van der Waals surface area contributed by atoms with Gasteiger partial charge in [0, 0.05) is 31.4 Å². The molecule has 2 amide bonds. The second-order valence-corrected chi connectivity index (χ2v) is 4.80. The Morgan fingerprint density at radius 2 is 2.19 bits per heavy atom. The Kier molecular flexibility index (Phi) is 6.45. The van der Waals surface area contributed by atoms with Crippen molar-refractivity contribution in [1.29, 1.82) is 0 Å². The van der Waals surface area contributed by atoms with Gasteiger partial charge in [0.2, 0.25) is 5.88 Å². The van der Waals surface area contributed by atoms with Gasteiger partial charge in [-0.3, -0.25) is 4.79 Å². The largest absolute Gasteiger partial charge is 0.481 e. The predicted molar refractivity (Wildman–Crippen MR) is 77.1 cm³/mol. The van der Waals surface area contributed by atoms with Crippen LogP contribution in [-0.4, -0.2) is 46.7 Å². The number of aromatic nitrogens is 1. The summed E-state index contributed by atoms with van der Waals surface area (Å²) in [5.41, 5.74) is 0.858. The van der Waals surface area contributed by atoms with Crippen molar-refractivity contribution in [3.63, 3.8) is 0 Å². The lowest BCUT2D eigenvalue weighted by atomic mass is 10.2. The van der Waals surface area contributed by atoms with Crippen LogP contribution in [0.15, 0.2) is 18.3 Å². The van der Waals surface area contributed by atoms with Gasteiger partial charge in [0.05, 0.1) is 13.5 Å². The molecule has 2 N–H and O–H groups in total. The monoisotopic (exact) mass is 295 g/mol. The second kappa shape index (κ2) is 8.08. The molecule has 0 saturated heterocycles. The van der Waals surface area contributed by atoms with Crippen molar-refractivity contribution in [3.8, 4) is 5.88 Å². The zero-order valence-corrected chi connectivity index (χ0v) is 12.5. The van der Waals surface area contributed by atoms with Crippen LogP contribution in [0.2, 0.25) is 0 Å². The first-order valence-electron chi connectivity index (χ1n) is 6.69. The highest BCUT2D eigenvalue weighted by molar-refractivity contribution is 5.75. The number of ether oxygens (including phenoxy) is 1. The fraction of sp³-hybridized carbons (Fsp3) is 0.500. The number of nitrogens with one attached hydrogen (secondary N) is 1. The van der Waals surface area contributed by atoms with Crippen molar-refractivity contribution in [2.24, 2.45) is 0 Å². The number of nitrogens with zero attached hydrogens (tertiary/aromatic N) is 2. The SMILES string of the molecule is COc1cc(CNC(=O)N(CCC(=O)O)C(C)C)ccn1. The Bertz CT molecular complexity index is 491. The van der Waals surface area contributed by atoms with Gasteiger partial charge in [0.1, 0.15) is 0 Å². The number of rotatable bonds is 7. The van der Waals surface area contributed by atoms with Crippen LogP contribution in [0.4, 0.5) is 4.79 Å². The summed E-state index contributed by atoms with van der Waals surface area (Å²) in [6.45, 7) is 4.19. The van der Waals surface area contributed by atoms with Crippen LogP contribution in [0, 0.1) is 0 Å². The van der Waals surface area contributed by atoms with Gasteiger partial charge in [-0.05, 0) is 25.5 Å². The smallest absolute Gasteiger partial charge is 0.317 e. The number of carbonyl (C=O) groups is 2. The molecule has 0 aliphatic rings. The number of pyridine rings is 1. The highest BCUT2D eigenvalue weighted by Gasteiger charge is 2.17. The van der Waals surface area contributed by atoms with E-state index in [1.165, 1.54) is 12.0 Å². The van der Waals surface area contributed by atoms with E-state index in [0.717, 1.165) is 5.56 Å². The van der Waals surface area contributed by atoms with E-state index in [1.807, 2.05) is 13.8 Å². The number of amides is 2. The Labute approximate surface area is 123 Å². The molecule has 7 nitrogen and oxygen atoms in total. The minimum absolute atomic E-state index is 0.0728. The van der Waals surface area contributed by atoms with Crippen LogP contribution in [-0.2, 0) is 11.3 Å². The minimum atomic E-state index is -0.924. The van der Waals surface area contributed by atoms with E-state index < -0.39 is 5.97 Å². The van der Waals surface area contributed by atoms with Gasteiger partial charge in [-0.2, -0.15) is 0 Å². The maximum absolute atomic E-state index is 12.1. The number of carboxylic acid groups (broad SMARTS) is 1. The molecule has 0 aliphatic carbocycles. The van der Waals surface area contributed by atoms with Crippen LogP contribution >= 0.6 is 0 Å². The number of urea groups is 1. The standard InChI is InChI=1S/C14H21N3O4/c1-10(2)17(7-5-13(18)19)14(20)16-9-11-4-6-15-12(8-11)21-3/h4,6,8,10H,5,7,9H2,1-3H3,(H,16,20)(H,18,19). The molecular formula is C14H21N3O4. The van der Waals surface area contributed by atoms with Gasteiger partial charge in [-0.25, -0.2) is 9.78 Å². The third-order valence-corrected chi connectivity index (χ3v) is 2.90. The first kappa shape index (κ1) is 16.7. The molecule has 0 atom stereocenters. The van der Waals surface area contributed by atoms with E-state index >= 15 is 0 Å². The molecule has 0 spiro atoms. The van der Waals surface area contributed by atoms with Crippen molar-refractivity contribution >= 4 is 12.0 Å². The average Bonchev–Trinajstić information content (AvgIpc) is 2.44. The number of hydrogen-bond donors (Lipinski definition) is 2. The molecule has 0 radical (unpaired) electrons. The van der Waals surface area contributed by atoms with Crippen LogP contribution in [0.5, 0.6) is 5.88 Å². The summed E-state index contributed by atoms with van der Waals surface area (Å²) in [6.07, 6.45) is 1.53. The highest BCUT2D eigenvalue weighted by atomic mass is 16.5. The molecule has 0 aliphatic heterocycles. The predicted octanol–water partition coefficient (Wildman–Crippen LogP) is 1.48. The average molecular weight is 295 g/mol. The van der Waals surface area contributed by atoms with Crippen LogP contribution in [0.3, 0.4) is 0 Å². The van der Waals surface area contributed by atoms with Crippen molar-refractivity contribution < 1.29 is 19.4 Å². The van der Waals surface area contributed by atoms with Gasteiger partial charge in [-0.1, -0.05) is 0 Å². The molecule has 21 heavy (non-hydrogen) atoms. The van der Waals surface area contributed by atoms with Gasteiger partial charge in [0.25, 0.3) is 0 Å². The third kappa shape index (κ3) is 5.68. The van der Waals surface area contributed by atoms with Crippen molar-refractivity contribution in [1.82, 2.24) is 15.2 Å². The first-order chi connectivity index (χ1) is 9.93.